The Hall–Kier alpha value is -4.80. The van der Waals surface area contributed by atoms with Crippen molar-refractivity contribution < 1.29 is 0 Å². The van der Waals surface area contributed by atoms with E-state index in [0.29, 0.717) is 0 Å². The summed E-state index contributed by atoms with van der Waals surface area (Å²) in [5.41, 5.74) is 14.3. The van der Waals surface area contributed by atoms with Crippen molar-refractivity contribution in [2.24, 2.45) is 0 Å². The zero-order valence-corrected chi connectivity index (χ0v) is 19.4. The SMILES string of the molecule is C(=C=C(c1ccccc1)c1ccc(N(c2ccccc2)c2ccccc2)cc1)=Cc1ccccc1. The second kappa shape index (κ2) is 10.9. The number of para-hydroxylation sites is 2. The summed E-state index contributed by atoms with van der Waals surface area (Å²) in [6.07, 6.45) is 1.96. The average molecular weight is 448 g/mol. The van der Waals surface area contributed by atoms with E-state index >= 15 is 0 Å². The fourth-order valence-electron chi connectivity index (χ4n) is 4.04. The minimum Gasteiger partial charge on any atom is -0.311 e. The van der Waals surface area contributed by atoms with Gasteiger partial charge in [0.15, 0.2) is 0 Å². The first kappa shape index (κ1) is 22.0. The second-order valence-corrected chi connectivity index (χ2v) is 8.12. The van der Waals surface area contributed by atoms with E-state index < -0.39 is 0 Å². The van der Waals surface area contributed by atoms with Crippen LogP contribution in [0, 0.1) is 0 Å². The lowest BCUT2D eigenvalue weighted by Gasteiger charge is -2.25. The molecule has 0 saturated carbocycles. The number of rotatable bonds is 6. The van der Waals surface area contributed by atoms with Gasteiger partial charge in [0.05, 0.1) is 0 Å². The van der Waals surface area contributed by atoms with Crippen LogP contribution >= 0.6 is 0 Å². The molecular weight excluding hydrogens is 422 g/mol. The Kier molecular flexibility index (Phi) is 6.84. The lowest BCUT2D eigenvalue weighted by Crippen LogP contribution is -2.09. The fourth-order valence-corrected chi connectivity index (χ4v) is 4.04. The third-order valence-corrected chi connectivity index (χ3v) is 5.74. The van der Waals surface area contributed by atoms with Gasteiger partial charge in [-0.05, 0) is 59.2 Å². The standard InChI is InChI=1S/C34H25N/c1-5-14-28(15-6-1)16-13-23-34(29-17-7-2-8-18-29)30-24-26-33(27-25-30)35(31-19-9-3-10-20-31)32-21-11-4-12-22-32/h1-12,14-22,24-27H. The maximum absolute atomic E-state index is 3.41. The molecule has 166 valence electrons. The molecule has 0 fully saturated rings. The van der Waals surface area contributed by atoms with Crippen LogP contribution in [0.15, 0.2) is 157 Å². The highest BCUT2D eigenvalue weighted by Crippen LogP contribution is 2.35. The number of hydrogen-bond acceptors (Lipinski definition) is 1. The van der Waals surface area contributed by atoms with E-state index in [4.69, 9.17) is 0 Å². The van der Waals surface area contributed by atoms with E-state index in [1.165, 1.54) is 0 Å². The summed E-state index contributed by atoms with van der Waals surface area (Å²) in [5.74, 6) is 0. The summed E-state index contributed by atoms with van der Waals surface area (Å²) >= 11 is 0. The van der Waals surface area contributed by atoms with Gasteiger partial charge in [0, 0.05) is 22.6 Å². The van der Waals surface area contributed by atoms with Crippen molar-refractivity contribution in [2.75, 3.05) is 4.90 Å². The Balaban J connectivity index is 1.57. The van der Waals surface area contributed by atoms with E-state index in [1.807, 2.05) is 42.5 Å². The van der Waals surface area contributed by atoms with Gasteiger partial charge in [-0.3, -0.25) is 0 Å². The Morgan fingerprint density at radius 2 is 0.886 bits per heavy atom. The molecule has 0 aromatic heterocycles. The highest BCUT2D eigenvalue weighted by atomic mass is 15.1. The molecule has 0 saturated heterocycles. The molecule has 5 rings (SSSR count). The quantitative estimate of drug-likeness (QED) is 0.235. The van der Waals surface area contributed by atoms with Gasteiger partial charge in [0.2, 0.25) is 0 Å². The van der Waals surface area contributed by atoms with Crippen molar-refractivity contribution >= 4 is 28.7 Å². The van der Waals surface area contributed by atoms with E-state index in [1.54, 1.807) is 0 Å². The Morgan fingerprint density at radius 1 is 0.457 bits per heavy atom. The lowest BCUT2D eigenvalue weighted by molar-refractivity contribution is 1.28. The van der Waals surface area contributed by atoms with Gasteiger partial charge in [-0.2, -0.15) is 0 Å². The maximum Gasteiger partial charge on any atom is 0.0462 e. The third-order valence-electron chi connectivity index (χ3n) is 5.74. The number of hydrogen-bond donors (Lipinski definition) is 0. The number of nitrogens with zero attached hydrogens (tertiary/aromatic N) is 1. The molecule has 0 unspecified atom stereocenters. The highest BCUT2D eigenvalue weighted by molar-refractivity contribution is 5.82. The fraction of sp³-hybridized carbons (Fsp3) is 0. The van der Waals surface area contributed by atoms with E-state index in [0.717, 1.165) is 39.3 Å². The van der Waals surface area contributed by atoms with Crippen LogP contribution in [0.2, 0.25) is 0 Å². The van der Waals surface area contributed by atoms with Gasteiger partial charge in [0.1, 0.15) is 0 Å². The number of benzene rings is 5. The molecule has 0 N–H and O–H groups in total. The Labute approximate surface area is 207 Å². The van der Waals surface area contributed by atoms with Crippen LogP contribution in [0.4, 0.5) is 17.1 Å². The van der Waals surface area contributed by atoms with Crippen molar-refractivity contribution in [1.29, 1.82) is 0 Å². The van der Waals surface area contributed by atoms with Crippen molar-refractivity contribution in [3.05, 3.63) is 174 Å². The summed E-state index contributed by atoms with van der Waals surface area (Å²) in [4.78, 5) is 2.26. The van der Waals surface area contributed by atoms with E-state index in [9.17, 15) is 0 Å². The van der Waals surface area contributed by atoms with Crippen molar-refractivity contribution in [1.82, 2.24) is 0 Å². The first-order chi connectivity index (χ1) is 17.4. The van der Waals surface area contributed by atoms with E-state index in [2.05, 4.69) is 126 Å². The minimum absolute atomic E-state index is 1.01. The molecule has 0 aliphatic heterocycles. The van der Waals surface area contributed by atoms with Crippen LogP contribution in [-0.2, 0) is 0 Å². The van der Waals surface area contributed by atoms with Crippen LogP contribution in [0.5, 0.6) is 0 Å². The van der Waals surface area contributed by atoms with Gasteiger partial charge in [-0.1, -0.05) is 121 Å². The minimum atomic E-state index is 1.01. The largest absolute Gasteiger partial charge is 0.311 e. The van der Waals surface area contributed by atoms with Gasteiger partial charge >= 0.3 is 0 Å². The van der Waals surface area contributed by atoms with Crippen molar-refractivity contribution in [2.45, 2.75) is 0 Å². The van der Waals surface area contributed by atoms with Crippen LogP contribution in [-0.4, -0.2) is 0 Å². The smallest absolute Gasteiger partial charge is 0.0462 e. The maximum atomic E-state index is 3.41. The first-order valence-corrected chi connectivity index (χ1v) is 11.7. The molecule has 5 aromatic rings. The molecule has 1 heteroatoms. The van der Waals surface area contributed by atoms with Crippen LogP contribution < -0.4 is 4.90 Å². The summed E-state index contributed by atoms with van der Waals surface area (Å²) in [6.45, 7) is 0. The Morgan fingerprint density at radius 3 is 1.43 bits per heavy atom. The lowest BCUT2D eigenvalue weighted by atomic mass is 9.98. The van der Waals surface area contributed by atoms with Gasteiger partial charge in [-0.25, -0.2) is 0 Å². The first-order valence-electron chi connectivity index (χ1n) is 11.7. The monoisotopic (exact) mass is 447 g/mol. The van der Waals surface area contributed by atoms with Crippen LogP contribution in [0.25, 0.3) is 11.6 Å². The Bertz CT molecular complexity index is 1420. The van der Waals surface area contributed by atoms with E-state index in [-0.39, 0.29) is 0 Å². The molecule has 0 atom stereocenters. The van der Waals surface area contributed by atoms with Crippen molar-refractivity contribution in [3.63, 3.8) is 0 Å². The highest BCUT2D eigenvalue weighted by Gasteiger charge is 2.12. The summed E-state index contributed by atoms with van der Waals surface area (Å²) in [7, 11) is 0. The summed E-state index contributed by atoms with van der Waals surface area (Å²) in [6, 6.07) is 50.1. The normalized spacial score (nSPS) is 10.1. The second-order valence-electron chi connectivity index (χ2n) is 8.12. The van der Waals surface area contributed by atoms with Gasteiger partial charge in [-0.15, -0.1) is 0 Å². The summed E-state index contributed by atoms with van der Waals surface area (Å²) in [5, 5.41) is 0. The molecule has 5 aromatic carbocycles. The van der Waals surface area contributed by atoms with Crippen LogP contribution in [0.3, 0.4) is 0 Å². The molecule has 0 aliphatic rings. The molecule has 0 radical (unpaired) electrons. The average Bonchev–Trinajstić information content (AvgIpc) is 2.94. The zero-order chi connectivity index (χ0) is 23.7. The zero-order valence-electron chi connectivity index (χ0n) is 19.4. The molecule has 1 nitrogen and oxygen atoms in total. The van der Waals surface area contributed by atoms with Crippen molar-refractivity contribution in [3.8, 4) is 0 Å². The molecular formula is C34H25N. The predicted molar refractivity (Wildman–Crippen MR) is 148 cm³/mol. The van der Waals surface area contributed by atoms with Crippen LogP contribution in [0.1, 0.15) is 16.7 Å². The molecule has 0 spiro atoms. The summed E-state index contributed by atoms with van der Waals surface area (Å²) < 4.78 is 0. The molecule has 0 aliphatic carbocycles. The third kappa shape index (κ3) is 5.41. The predicted octanol–water partition coefficient (Wildman–Crippen LogP) is 9.06. The molecule has 0 bridgehead atoms. The molecule has 35 heavy (non-hydrogen) atoms. The molecule has 0 heterocycles. The molecule has 0 amide bonds. The van der Waals surface area contributed by atoms with Gasteiger partial charge < -0.3 is 4.90 Å². The van der Waals surface area contributed by atoms with Gasteiger partial charge in [0.25, 0.3) is 0 Å². The number of anilines is 3. The topological polar surface area (TPSA) is 3.24 Å².